The highest BCUT2D eigenvalue weighted by Crippen LogP contribution is 2.21. The van der Waals surface area contributed by atoms with E-state index in [1.54, 1.807) is 6.26 Å². The van der Waals surface area contributed by atoms with Crippen molar-refractivity contribution in [3.8, 4) is 0 Å². The van der Waals surface area contributed by atoms with E-state index < -0.39 is 0 Å². The highest BCUT2D eigenvalue weighted by Gasteiger charge is 2.25. The number of likely N-dealkylation sites (tertiary alicyclic amines) is 1. The highest BCUT2D eigenvalue weighted by molar-refractivity contribution is 5.78. The minimum absolute atomic E-state index is 0.0684. The molecule has 1 amide bonds. The normalized spacial score (nSPS) is 19.8. The van der Waals surface area contributed by atoms with Crippen LogP contribution in [-0.2, 0) is 11.2 Å². The molecule has 4 heteroatoms. The maximum Gasteiger partial charge on any atom is 0.234 e. The van der Waals surface area contributed by atoms with Crippen LogP contribution in [0, 0.1) is 0 Å². The second kappa shape index (κ2) is 8.15. The number of amides is 1. The van der Waals surface area contributed by atoms with E-state index in [2.05, 4.69) is 34.5 Å². The zero-order valence-electron chi connectivity index (χ0n) is 14.3. The van der Waals surface area contributed by atoms with Crippen molar-refractivity contribution in [1.29, 1.82) is 0 Å². The molecule has 0 aliphatic carbocycles. The number of piperidine rings is 1. The maximum absolute atomic E-state index is 12.4. The molecule has 1 saturated heterocycles. The van der Waals surface area contributed by atoms with Gasteiger partial charge in [0.2, 0.25) is 5.91 Å². The van der Waals surface area contributed by atoms with Crippen LogP contribution >= 0.6 is 0 Å². The van der Waals surface area contributed by atoms with Gasteiger partial charge >= 0.3 is 0 Å². The van der Waals surface area contributed by atoms with Gasteiger partial charge in [0, 0.05) is 6.04 Å². The highest BCUT2D eigenvalue weighted by atomic mass is 16.3. The third-order valence-corrected chi connectivity index (χ3v) is 4.76. The van der Waals surface area contributed by atoms with Crippen LogP contribution < -0.4 is 5.32 Å². The smallest absolute Gasteiger partial charge is 0.234 e. The second-order valence-corrected chi connectivity index (χ2v) is 6.61. The van der Waals surface area contributed by atoms with Gasteiger partial charge in [-0.25, -0.2) is 0 Å². The van der Waals surface area contributed by atoms with E-state index in [0.717, 1.165) is 25.1 Å². The van der Waals surface area contributed by atoms with Crippen LogP contribution in [0.1, 0.15) is 43.6 Å². The average Bonchev–Trinajstić information content (AvgIpc) is 3.12. The summed E-state index contributed by atoms with van der Waals surface area (Å²) in [5.41, 5.74) is 1.35. The lowest BCUT2D eigenvalue weighted by Crippen LogP contribution is -2.46. The summed E-state index contributed by atoms with van der Waals surface area (Å²) < 4.78 is 5.36. The molecule has 2 unspecified atom stereocenters. The first-order valence-corrected chi connectivity index (χ1v) is 8.83. The Morgan fingerprint density at radius 3 is 2.83 bits per heavy atom. The zero-order chi connectivity index (χ0) is 16.8. The molecular formula is C20H26N2O2. The Hall–Kier alpha value is -2.07. The predicted octanol–water partition coefficient (Wildman–Crippen LogP) is 3.55. The lowest BCUT2D eigenvalue weighted by atomic mass is 9.95. The van der Waals surface area contributed by atoms with E-state index in [4.69, 9.17) is 4.42 Å². The number of rotatable bonds is 6. The van der Waals surface area contributed by atoms with Gasteiger partial charge in [0.25, 0.3) is 0 Å². The SMILES string of the molecule is CC(NC(=O)CN1CCCCC1Cc1ccccc1)c1ccco1. The number of hydrogen-bond acceptors (Lipinski definition) is 3. The van der Waals surface area contributed by atoms with Gasteiger partial charge < -0.3 is 9.73 Å². The van der Waals surface area contributed by atoms with Crippen molar-refractivity contribution < 1.29 is 9.21 Å². The van der Waals surface area contributed by atoms with Crippen molar-refractivity contribution in [3.63, 3.8) is 0 Å². The fourth-order valence-electron chi connectivity index (χ4n) is 3.47. The third-order valence-electron chi connectivity index (χ3n) is 4.76. The molecule has 24 heavy (non-hydrogen) atoms. The first-order valence-electron chi connectivity index (χ1n) is 8.83. The molecule has 1 aromatic heterocycles. The summed E-state index contributed by atoms with van der Waals surface area (Å²) in [6.07, 6.45) is 6.24. The lowest BCUT2D eigenvalue weighted by molar-refractivity contribution is -0.123. The first-order chi connectivity index (χ1) is 11.7. The standard InChI is InChI=1S/C20H26N2O2/c1-16(19-11-7-13-24-19)21-20(23)15-22-12-6-5-10-18(22)14-17-8-3-2-4-9-17/h2-4,7-9,11,13,16,18H,5-6,10,12,14-15H2,1H3,(H,21,23). The summed E-state index contributed by atoms with van der Waals surface area (Å²) in [6.45, 7) is 3.41. The van der Waals surface area contributed by atoms with Gasteiger partial charge in [0.05, 0.1) is 18.8 Å². The molecule has 4 nitrogen and oxygen atoms in total. The Morgan fingerprint density at radius 1 is 1.25 bits per heavy atom. The van der Waals surface area contributed by atoms with Crippen molar-refractivity contribution in [2.24, 2.45) is 0 Å². The van der Waals surface area contributed by atoms with Gasteiger partial charge in [-0.1, -0.05) is 36.8 Å². The Balaban J connectivity index is 1.56. The van der Waals surface area contributed by atoms with Gasteiger partial charge in [0.15, 0.2) is 0 Å². The number of furan rings is 1. The topological polar surface area (TPSA) is 45.5 Å². The van der Waals surface area contributed by atoms with Crippen molar-refractivity contribution in [1.82, 2.24) is 10.2 Å². The fourth-order valence-corrected chi connectivity index (χ4v) is 3.47. The van der Waals surface area contributed by atoms with Gasteiger partial charge in [-0.05, 0) is 50.4 Å². The monoisotopic (exact) mass is 326 g/mol. The van der Waals surface area contributed by atoms with Gasteiger partial charge in [-0.15, -0.1) is 0 Å². The zero-order valence-corrected chi connectivity index (χ0v) is 14.3. The molecule has 1 aliphatic rings. The second-order valence-electron chi connectivity index (χ2n) is 6.61. The molecule has 0 saturated carbocycles. The Labute approximate surface area is 143 Å². The molecule has 2 atom stereocenters. The Bertz CT molecular complexity index is 624. The summed E-state index contributed by atoms with van der Waals surface area (Å²) >= 11 is 0. The van der Waals surface area contributed by atoms with E-state index in [1.165, 1.54) is 18.4 Å². The Morgan fingerprint density at radius 2 is 2.08 bits per heavy atom. The molecule has 0 spiro atoms. The number of carbonyl (C=O) groups excluding carboxylic acids is 1. The molecule has 2 heterocycles. The fraction of sp³-hybridized carbons (Fsp3) is 0.450. The minimum Gasteiger partial charge on any atom is -0.467 e. The third kappa shape index (κ3) is 4.48. The molecule has 1 aromatic carbocycles. The minimum atomic E-state index is -0.0927. The summed E-state index contributed by atoms with van der Waals surface area (Å²) in [7, 11) is 0. The van der Waals surface area contributed by atoms with Gasteiger partial charge in [-0.3, -0.25) is 9.69 Å². The quantitative estimate of drug-likeness (QED) is 0.883. The number of hydrogen-bond donors (Lipinski definition) is 1. The van der Waals surface area contributed by atoms with Crippen LogP contribution in [0.2, 0.25) is 0 Å². The summed E-state index contributed by atoms with van der Waals surface area (Å²) in [5.74, 6) is 0.863. The number of nitrogens with one attached hydrogen (secondary N) is 1. The van der Waals surface area contributed by atoms with Crippen LogP contribution in [0.15, 0.2) is 53.1 Å². The maximum atomic E-state index is 12.4. The van der Waals surface area contributed by atoms with Crippen LogP contribution in [0.25, 0.3) is 0 Å². The molecule has 1 aliphatic heterocycles. The van der Waals surface area contributed by atoms with E-state index >= 15 is 0 Å². The number of benzene rings is 1. The van der Waals surface area contributed by atoms with Gasteiger partial charge in [0.1, 0.15) is 5.76 Å². The average molecular weight is 326 g/mol. The number of carbonyl (C=O) groups is 1. The van der Waals surface area contributed by atoms with Crippen LogP contribution in [0.5, 0.6) is 0 Å². The number of nitrogens with zero attached hydrogens (tertiary/aromatic N) is 1. The van der Waals surface area contributed by atoms with E-state index in [1.807, 2.05) is 25.1 Å². The van der Waals surface area contributed by atoms with Crippen molar-refractivity contribution in [3.05, 3.63) is 60.1 Å². The molecule has 2 aromatic rings. The summed E-state index contributed by atoms with van der Waals surface area (Å²) in [4.78, 5) is 14.8. The van der Waals surface area contributed by atoms with E-state index in [0.29, 0.717) is 12.6 Å². The van der Waals surface area contributed by atoms with Gasteiger partial charge in [-0.2, -0.15) is 0 Å². The predicted molar refractivity (Wildman–Crippen MR) is 94.6 cm³/mol. The molecular weight excluding hydrogens is 300 g/mol. The van der Waals surface area contributed by atoms with Crippen molar-refractivity contribution in [2.75, 3.05) is 13.1 Å². The first kappa shape index (κ1) is 16.8. The molecule has 3 rings (SSSR count). The van der Waals surface area contributed by atoms with Crippen molar-refractivity contribution >= 4 is 5.91 Å². The summed E-state index contributed by atoms with van der Waals surface area (Å²) in [6, 6.07) is 14.7. The molecule has 128 valence electrons. The molecule has 1 fully saturated rings. The largest absolute Gasteiger partial charge is 0.467 e. The van der Waals surface area contributed by atoms with E-state index in [-0.39, 0.29) is 11.9 Å². The summed E-state index contributed by atoms with van der Waals surface area (Å²) in [5, 5.41) is 3.04. The molecule has 1 N–H and O–H groups in total. The van der Waals surface area contributed by atoms with Crippen LogP contribution in [0.4, 0.5) is 0 Å². The molecule has 0 radical (unpaired) electrons. The van der Waals surface area contributed by atoms with Crippen LogP contribution in [0.3, 0.4) is 0 Å². The van der Waals surface area contributed by atoms with Crippen LogP contribution in [-0.4, -0.2) is 29.9 Å². The molecule has 0 bridgehead atoms. The van der Waals surface area contributed by atoms with E-state index in [9.17, 15) is 4.79 Å². The Kier molecular flexibility index (Phi) is 5.70. The van der Waals surface area contributed by atoms with Crippen molar-refractivity contribution in [2.45, 2.75) is 44.7 Å². The lowest BCUT2D eigenvalue weighted by Gasteiger charge is -2.35.